The molecular weight excluding hydrogens is 197 g/mol. The summed E-state index contributed by atoms with van der Waals surface area (Å²) in [4.78, 5) is 7.69. The summed E-state index contributed by atoms with van der Waals surface area (Å²) in [5.41, 5.74) is 0. The van der Waals surface area contributed by atoms with Crippen molar-refractivity contribution >= 4 is 5.95 Å². The Morgan fingerprint density at radius 2 is 2.27 bits per heavy atom. The third-order valence-electron chi connectivity index (χ3n) is 1.60. The van der Waals surface area contributed by atoms with E-state index in [-0.39, 0.29) is 5.88 Å². The zero-order valence-corrected chi connectivity index (χ0v) is 9.25. The lowest BCUT2D eigenvalue weighted by molar-refractivity contribution is 0.248. The number of rotatable bonds is 5. The van der Waals surface area contributed by atoms with Crippen LogP contribution in [0.15, 0.2) is 6.20 Å². The van der Waals surface area contributed by atoms with Crippen molar-refractivity contribution < 1.29 is 9.13 Å². The van der Waals surface area contributed by atoms with Crippen LogP contribution in [0.4, 0.5) is 10.3 Å². The van der Waals surface area contributed by atoms with Gasteiger partial charge in [-0.3, -0.25) is 0 Å². The average Bonchev–Trinajstić information content (AvgIpc) is 2.19. The Kier molecular flexibility index (Phi) is 4.27. The first kappa shape index (κ1) is 11.7. The van der Waals surface area contributed by atoms with E-state index in [9.17, 15) is 4.39 Å². The lowest BCUT2D eigenvalue weighted by atomic mass is 10.2. The maximum Gasteiger partial charge on any atom is 0.255 e. The summed E-state index contributed by atoms with van der Waals surface area (Å²) in [6, 6.07) is 0. The fourth-order valence-corrected chi connectivity index (χ4v) is 0.942. The molecule has 0 aliphatic rings. The van der Waals surface area contributed by atoms with Crippen LogP contribution in [0.1, 0.15) is 20.8 Å². The van der Waals surface area contributed by atoms with Gasteiger partial charge in [-0.2, -0.15) is 9.37 Å². The second-order valence-electron chi connectivity index (χ2n) is 3.58. The SMILES string of the molecule is CCNc1ncc(F)c(OCC(C)C)n1. The molecule has 1 aromatic heterocycles. The van der Waals surface area contributed by atoms with Gasteiger partial charge >= 0.3 is 0 Å². The van der Waals surface area contributed by atoms with Gasteiger partial charge in [-0.15, -0.1) is 0 Å². The van der Waals surface area contributed by atoms with E-state index in [0.29, 0.717) is 25.0 Å². The molecule has 0 aromatic carbocycles. The van der Waals surface area contributed by atoms with Crippen LogP contribution in [0.3, 0.4) is 0 Å². The van der Waals surface area contributed by atoms with Crippen LogP contribution in [0, 0.1) is 11.7 Å². The molecule has 5 heteroatoms. The van der Waals surface area contributed by atoms with Crippen LogP contribution in [0.25, 0.3) is 0 Å². The molecule has 0 aliphatic heterocycles. The predicted octanol–water partition coefficient (Wildman–Crippen LogP) is 2.08. The average molecular weight is 213 g/mol. The first-order valence-electron chi connectivity index (χ1n) is 5.02. The van der Waals surface area contributed by atoms with Crippen molar-refractivity contribution in [3.63, 3.8) is 0 Å². The predicted molar refractivity (Wildman–Crippen MR) is 56.5 cm³/mol. The maximum absolute atomic E-state index is 13.2. The Hall–Kier alpha value is -1.39. The van der Waals surface area contributed by atoms with Gasteiger partial charge in [0.25, 0.3) is 5.88 Å². The molecule has 4 nitrogen and oxygen atoms in total. The molecule has 0 bridgehead atoms. The summed E-state index contributed by atoms with van der Waals surface area (Å²) >= 11 is 0. The van der Waals surface area contributed by atoms with Crippen molar-refractivity contribution in [2.24, 2.45) is 5.92 Å². The Balaban J connectivity index is 2.71. The molecule has 0 saturated carbocycles. The van der Waals surface area contributed by atoms with E-state index in [1.807, 2.05) is 20.8 Å². The minimum Gasteiger partial charge on any atom is -0.475 e. The van der Waals surface area contributed by atoms with Crippen LogP contribution < -0.4 is 10.1 Å². The van der Waals surface area contributed by atoms with Crippen LogP contribution >= 0.6 is 0 Å². The first-order chi connectivity index (χ1) is 7.13. The standard InChI is InChI=1S/C10H16FN3O/c1-4-12-10-13-5-8(11)9(14-10)15-6-7(2)3/h5,7H,4,6H2,1-3H3,(H,12,13,14). The normalized spacial score (nSPS) is 10.5. The number of hydrogen-bond acceptors (Lipinski definition) is 4. The van der Waals surface area contributed by atoms with Gasteiger partial charge in [0, 0.05) is 6.54 Å². The molecule has 0 radical (unpaired) electrons. The molecule has 1 rings (SSSR count). The van der Waals surface area contributed by atoms with E-state index < -0.39 is 5.82 Å². The van der Waals surface area contributed by atoms with E-state index in [1.54, 1.807) is 0 Å². The number of halogens is 1. The fraction of sp³-hybridized carbons (Fsp3) is 0.600. The smallest absolute Gasteiger partial charge is 0.255 e. The van der Waals surface area contributed by atoms with Crippen LogP contribution in [-0.2, 0) is 0 Å². The van der Waals surface area contributed by atoms with Gasteiger partial charge in [-0.25, -0.2) is 4.98 Å². The quantitative estimate of drug-likeness (QED) is 0.813. The monoisotopic (exact) mass is 213 g/mol. The van der Waals surface area contributed by atoms with Gasteiger partial charge < -0.3 is 10.1 Å². The Morgan fingerprint density at radius 3 is 2.87 bits per heavy atom. The molecule has 0 amide bonds. The minimum atomic E-state index is -0.530. The van der Waals surface area contributed by atoms with Gasteiger partial charge in [0.1, 0.15) is 0 Å². The number of nitrogens with one attached hydrogen (secondary N) is 1. The van der Waals surface area contributed by atoms with Crippen molar-refractivity contribution in [1.82, 2.24) is 9.97 Å². The second kappa shape index (κ2) is 5.48. The van der Waals surface area contributed by atoms with Gasteiger partial charge in [0.2, 0.25) is 11.8 Å². The number of ether oxygens (including phenoxy) is 1. The lowest BCUT2D eigenvalue weighted by Gasteiger charge is -2.09. The number of aromatic nitrogens is 2. The molecule has 0 unspecified atom stereocenters. The Bertz CT molecular complexity index is 318. The highest BCUT2D eigenvalue weighted by Crippen LogP contribution is 2.15. The van der Waals surface area contributed by atoms with Crippen molar-refractivity contribution in [2.75, 3.05) is 18.5 Å². The van der Waals surface area contributed by atoms with E-state index in [2.05, 4.69) is 15.3 Å². The third-order valence-corrected chi connectivity index (χ3v) is 1.60. The third kappa shape index (κ3) is 3.69. The van der Waals surface area contributed by atoms with Crippen molar-refractivity contribution in [2.45, 2.75) is 20.8 Å². The summed E-state index contributed by atoms with van der Waals surface area (Å²) < 4.78 is 18.4. The highest BCUT2D eigenvalue weighted by atomic mass is 19.1. The summed E-state index contributed by atoms with van der Waals surface area (Å²) in [5, 5.41) is 2.89. The van der Waals surface area contributed by atoms with Crippen LogP contribution in [-0.4, -0.2) is 23.1 Å². The Labute approximate surface area is 88.9 Å². The number of anilines is 1. The van der Waals surface area contributed by atoms with Crippen LogP contribution in [0.2, 0.25) is 0 Å². The maximum atomic E-state index is 13.2. The molecule has 0 atom stereocenters. The van der Waals surface area contributed by atoms with Crippen molar-refractivity contribution in [1.29, 1.82) is 0 Å². The minimum absolute atomic E-state index is 0.00894. The molecule has 1 heterocycles. The summed E-state index contributed by atoms with van der Waals surface area (Å²) in [7, 11) is 0. The second-order valence-corrected chi connectivity index (χ2v) is 3.58. The van der Waals surface area contributed by atoms with Gasteiger partial charge in [-0.1, -0.05) is 13.8 Å². The molecule has 0 aliphatic carbocycles. The zero-order chi connectivity index (χ0) is 11.3. The number of nitrogens with zero attached hydrogens (tertiary/aromatic N) is 2. The molecule has 15 heavy (non-hydrogen) atoms. The Morgan fingerprint density at radius 1 is 1.53 bits per heavy atom. The highest BCUT2D eigenvalue weighted by Gasteiger charge is 2.08. The van der Waals surface area contributed by atoms with E-state index in [1.165, 1.54) is 0 Å². The zero-order valence-electron chi connectivity index (χ0n) is 9.25. The molecule has 0 spiro atoms. The molecule has 1 aromatic rings. The van der Waals surface area contributed by atoms with Crippen molar-refractivity contribution in [3.05, 3.63) is 12.0 Å². The summed E-state index contributed by atoms with van der Waals surface area (Å²) in [6.07, 6.45) is 1.11. The van der Waals surface area contributed by atoms with Crippen molar-refractivity contribution in [3.8, 4) is 5.88 Å². The largest absolute Gasteiger partial charge is 0.475 e. The molecule has 1 N–H and O–H groups in total. The molecule has 84 valence electrons. The summed E-state index contributed by atoms with van der Waals surface area (Å²) in [5.74, 6) is 0.201. The van der Waals surface area contributed by atoms with Gasteiger partial charge in [0.05, 0.1) is 12.8 Å². The highest BCUT2D eigenvalue weighted by molar-refractivity contribution is 5.27. The van der Waals surface area contributed by atoms with E-state index >= 15 is 0 Å². The first-order valence-corrected chi connectivity index (χ1v) is 5.02. The van der Waals surface area contributed by atoms with E-state index in [4.69, 9.17) is 4.74 Å². The summed E-state index contributed by atoms with van der Waals surface area (Å²) in [6.45, 7) is 7.03. The molecule has 0 fully saturated rings. The number of hydrogen-bond donors (Lipinski definition) is 1. The van der Waals surface area contributed by atoms with Gasteiger partial charge in [0.15, 0.2) is 0 Å². The van der Waals surface area contributed by atoms with Crippen LogP contribution in [0.5, 0.6) is 5.88 Å². The molecular formula is C10H16FN3O. The van der Waals surface area contributed by atoms with E-state index in [0.717, 1.165) is 6.20 Å². The topological polar surface area (TPSA) is 47.0 Å². The molecule has 0 saturated heterocycles. The van der Waals surface area contributed by atoms with Gasteiger partial charge in [-0.05, 0) is 12.8 Å². The lowest BCUT2D eigenvalue weighted by Crippen LogP contribution is -2.09. The fourth-order valence-electron chi connectivity index (χ4n) is 0.942.